The summed E-state index contributed by atoms with van der Waals surface area (Å²) >= 11 is 11.0. The minimum absolute atomic E-state index is 0.197. The Balaban J connectivity index is 2.20. The zero-order chi connectivity index (χ0) is 18.0. The molecule has 0 saturated carbocycles. The van der Waals surface area contributed by atoms with Crippen molar-refractivity contribution in [1.82, 2.24) is 9.21 Å². The lowest BCUT2D eigenvalue weighted by Gasteiger charge is -2.33. The number of benzene rings is 1. The summed E-state index contributed by atoms with van der Waals surface area (Å²) in [6.07, 6.45) is -2.98. The molecule has 2 rings (SSSR count). The summed E-state index contributed by atoms with van der Waals surface area (Å²) in [6, 6.07) is 2.63. The van der Waals surface area contributed by atoms with E-state index in [0.29, 0.717) is 25.7 Å². The Kier molecular flexibility index (Phi) is 6.19. The van der Waals surface area contributed by atoms with Gasteiger partial charge in [-0.15, -0.1) is 0 Å². The van der Waals surface area contributed by atoms with Gasteiger partial charge in [-0.3, -0.25) is 4.90 Å². The SMILES string of the molecule is O=S(=O)(c1ccc(Cl)c(C(F)(F)F)c1)N1CCN(C/C=C/Cl)CC1. The number of alkyl halides is 3. The molecule has 4 nitrogen and oxygen atoms in total. The zero-order valence-corrected chi connectivity index (χ0v) is 14.8. The van der Waals surface area contributed by atoms with E-state index < -0.39 is 31.7 Å². The Morgan fingerprint density at radius 1 is 1.17 bits per heavy atom. The first kappa shape index (κ1) is 19.5. The molecule has 134 valence electrons. The highest BCUT2D eigenvalue weighted by atomic mass is 35.5. The van der Waals surface area contributed by atoms with Gasteiger partial charge < -0.3 is 0 Å². The largest absolute Gasteiger partial charge is 0.417 e. The van der Waals surface area contributed by atoms with Crippen molar-refractivity contribution in [2.24, 2.45) is 0 Å². The van der Waals surface area contributed by atoms with E-state index in [4.69, 9.17) is 23.2 Å². The summed E-state index contributed by atoms with van der Waals surface area (Å²) in [6.45, 7) is 1.93. The fourth-order valence-corrected chi connectivity index (χ4v) is 4.13. The highest BCUT2D eigenvalue weighted by Crippen LogP contribution is 2.36. The lowest BCUT2D eigenvalue weighted by Crippen LogP contribution is -2.48. The molecular formula is C14H15Cl2F3N2O2S. The molecule has 0 N–H and O–H groups in total. The quantitative estimate of drug-likeness (QED) is 0.774. The number of piperazine rings is 1. The van der Waals surface area contributed by atoms with Crippen molar-refractivity contribution in [2.75, 3.05) is 32.7 Å². The van der Waals surface area contributed by atoms with Gasteiger partial charge in [0.2, 0.25) is 10.0 Å². The van der Waals surface area contributed by atoms with Crippen molar-refractivity contribution in [3.63, 3.8) is 0 Å². The van der Waals surface area contributed by atoms with Crippen LogP contribution in [0.5, 0.6) is 0 Å². The van der Waals surface area contributed by atoms with E-state index >= 15 is 0 Å². The Hall–Kier alpha value is -0.800. The summed E-state index contributed by atoms with van der Waals surface area (Å²) in [5.74, 6) is 0. The molecule has 0 aromatic heterocycles. The minimum Gasteiger partial charge on any atom is -0.297 e. The molecule has 0 atom stereocenters. The fourth-order valence-electron chi connectivity index (χ4n) is 2.37. The standard InChI is InChI=1S/C14H15Cl2F3N2O2S/c15-4-1-5-20-6-8-21(9-7-20)24(22,23)11-2-3-13(16)12(10-11)14(17,18)19/h1-4,10H,5-9H2/b4-1+. The number of nitrogens with zero attached hydrogens (tertiary/aromatic N) is 2. The Morgan fingerprint density at radius 3 is 2.33 bits per heavy atom. The highest BCUT2D eigenvalue weighted by molar-refractivity contribution is 7.89. The zero-order valence-electron chi connectivity index (χ0n) is 12.4. The van der Waals surface area contributed by atoms with E-state index in [2.05, 4.69) is 0 Å². The van der Waals surface area contributed by atoms with E-state index in [9.17, 15) is 21.6 Å². The van der Waals surface area contributed by atoms with Crippen molar-refractivity contribution in [2.45, 2.75) is 11.1 Å². The molecule has 0 amide bonds. The molecule has 1 fully saturated rings. The molecule has 1 aliphatic heterocycles. The number of halogens is 5. The normalized spacial score (nSPS) is 18.4. The van der Waals surface area contributed by atoms with Crippen LogP contribution in [-0.4, -0.2) is 50.3 Å². The highest BCUT2D eigenvalue weighted by Gasteiger charge is 2.36. The van der Waals surface area contributed by atoms with Crippen LogP contribution >= 0.6 is 23.2 Å². The van der Waals surface area contributed by atoms with Gasteiger partial charge in [-0.25, -0.2) is 8.42 Å². The van der Waals surface area contributed by atoms with E-state index in [1.54, 1.807) is 6.08 Å². The number of hydrogen-bond acceptors (Lipinski definition) is 3. The van der Waals surface area contributed by atoms with E-state index in [1.807, 2.05) is 4.90 Å². The third-order valence-electron chi connectivity index (χ3n) is 3.66. The van der Waals surface area contributed by atoms with Gasteiger partial charge in [0.25, 0.3) is 0 Å². The van der Waals surface area contributed by atoms with Crippen molar-refractivity contribution < 1.29 is 21.6 Å². The average Bonchev–Trinajstić information content (AvgIpc) is 2.52. The van der Waals surface area contributed by atoms with Gasteiger partial charge in [0.1, 0.15) is 0 Å². The van der Waals surface area contributed by atoms with Crippen LogP contribution in [-0.2, 0) is 16.2 Å². The molecule has 0 radical (unpaired) electrons. The fraction of sp³-hybridized carbons (Fsp3) is 0.429. The van der Waals surface area contributed by atoms with E-state index in [-0.39, 0.29) is 13.1 Å². The van der Waals surface area contributed by atoms with Crippen LogP contribution in [0.1, 0.15) is 5.56 Å². The third kappa shape index (κ3) is 4.43. The number of sulfonamides is 1. The molecule has 1 aromatic carbocycles. The first-order chi connectivity index (χ1) is 11.2. The van der Waals surface area contributed by atoms with Crippen molar-refractivity contribution in [1.29, 1.82) is 0 Å². The Bertz CT molecular complexity index is 715. The molecule has 10 heteroatoms. The number of hydrogen-bond donors (Lipinski definition) is 0. The Morgan fingerprint density at radius 2 is 1.79 bits per heavy atom. The van der Waals surface area contributed by atoms with Crippen LogP contribution in [0.4, 0.5) is 13.2 Å². The van der Waals surface area contributed by atoms with Crippen molar-refractivity contribution in [3.05, 3.63) is 40.4 Å². The maximum atomic E-state index is 12.9. The first-order valence-electron chi connectivity index (χ1n) is 7.00. The Labute approximate surface area is 148 Å². The second kappa shape index (κ2) is 7.61. The van der Waals surface area contributed by atoms with Gasteiger partial charge >= 0.3 is 6.18 Å². The molecular weight excluding hydrogens is 388 g/mol. The van der Waals surface area contributed by atoms with Crippen LogP contribution in [0.3, 0.4) is 0 Å². The van der Waals surface area contributed by atoms with Gasteiger partial charge in [-0.05, 0) is 18.2 Å². The molecule has 0 unspecified atom stereocenters. The van der Waals surface area contributed by atoms with E-state index in [1.165, 1.54) is 9.84 Å². The second-order valence-electron chi connectivity index (χ2n) is 5.21. The van der Waals surface area contributed by atoms with Gasteiger partial charge in [0.05, 0.1) is 15.5 Å². The smallest absolute Gasteiger partial charge is 0.297 e. The molecule has 0 spiro atoms. The van der Waals surface area contributed by atoms with Crippen molar-refractivity contribution >= 4 is 33.2 Å². The summed E-state index contributed by atoms with van der Waals surface area (Å²) in [5, 5.41) is -0.529. The predicted molar refractivity (Wildman–Crippen MR) is 86.6 cm³/mol. The van der Waals surface area contributed by atoms with E-state index in [0.717, 1.165) is 12.1 Å². The van der Waals surface area contributed by atoms with Crippen LogP contribution in [0, 0.1) is 0 Å². The summed E-state index contributed by atoms with van der Waals surface area (Å²) in [5.41, 5.74) is 0.228. The average molecular weight is 403 g/mol. The molecule has 1 saturated heterocycles. The van der Waals surface area contributed by atoms with Gasteiger partial charge in [-0.2, -0.15) is 17.5 Å². The van der Waals surface area contributed by atoms with Crippen LogP contribution in [0.2, 0.25) is 5.02 Å². The number of rotatable bonds is 4. The minimum atomic E-state index is -4.71. The summed E-state index contributed by atoms with van der Waals surface area (Å²) < 4.78 is 65.0. The van der Waals surface area contributed by atoms with Crippen LogP contribution in [0.25, 0.3) is 0 Å². The van der Waals surface area contributed by atoms with Crippen LogP contribution < -0.4 is 0 Å². The maximum absolute atomic E-state index is 12.9. The third-order valence-corrected chi connectivity index (χ3v) is 6.07. The monoisotopic (exact) mass is 402 g/mol. The van der Waals surface area contributed by atoms with Crippen LogP contribution in [0.15, 0.2) is 34.7 Å². The lowest BCUT2D eigenvalue weighted by molar-refractivity contribution is -0.137. The molecule has 1 aliphatic rings. The van der Waals surface area contributed by atoms with Gasteiger partial charge in [-0.1, -0.05) is 29.3 Å². The molecule has 1 heterocycles. The summed E-state index contributed by atoms with van der Waals surface area (Å²) in [4.78, 5) is 1.58. The molecule has 0 bridgehead atoms. The van der Waals surface area contributed by atoms with Gasteiger partial charge in [0, 0.05) is 38.3 Å². The maximum Gasteiger partial charge on any atom is 0.417 e. The first-order valence-corrected chi connectivity index (χ1v) is 9.26. The predicted octanol–water partition coefficient (Wildman–Crippen LogP) is 3.42. The second-order valence-corrected chi connectivity index (χ2v) is 7.80. The van der Waals surface area contributed by atoms with Gasteiger partial charge in [0.15, 0.2) is 0 Å². The molecule has 0 aliphatic carbocycles. The lowest BCUT2D eigenvalue weighted by atomic mass is 10.2. The van der Waals surface area contributed by atoms with Crippen molar-refractivity contribution in [3.8, 4) is 0 Å². The summed E-state index contributed by atoms with van der Waals surface area (Å²) in [7, 11) is -4.00. The molecule has 24 heavy (non-hydrogen) atoms. The topological polar surface area (TPSA) is 40.6 Å². The molecule has 1 aromatic rings.